The largest absolute Gasteiger partial charge is 0.360 e. The summed E-state index contributed by atoms with van der Waals surface area (Å²) in [6.07, 6.45) is 5.42. The molecule has 4 aromatic rings. The average molecular weight is 447 g/mol. The molecule has 0 bridgehead atoms. The predicted octanol–water partition coefficient (Wildman–Crippen LogP) is 4.96. The molecule has 0 aliphatic carbocycles. The number of benzene rings is 2. The second-order valence-corrected chi connectivity index (χ2v) is 8.28. The molecule has 1 amide bonds. The lowest BCUT2D eigenvalue weighted by atomic mass is 9.99. The molecule has 0 radical (unpaired) electrons. The molecular weight excluding hydrogens is 424 g/mol. The highest BCUT2D eigenvalue weighted by molar-refractivity contribution is 6.33. The quantitative estimate of drug-likeness (QED) is 0.347. The average Bonchev–Trinajstić information content (AvgIpc) is 3.25. The van der Waals surface area contributed by atoms with Gasteiger partial charge in [-0.1, -0.05) is 35.9 Å². The first-order valence-corrected chi connectivity index (χ1v) is 11.0. The second-order valence-electron chi connectivity index (χ2n) is 7.88. The smallest absolute Gasteiger partial charge is 0.228 e. The summed E-state index contributed by atoms with van der Waals surface area (Å²) >= 11 is 6.43. The van der Waals surface area contributed by atoms with E-state index in [9.17, 15) is 4.79 Å². The van der Waals surface area contributed by atoms with E-state index in [1.165, 1.54) is 0 Å². The van der Waals surface area contributed by atoms with E-state index in [4.69, 9.17) is 11.6 Å². The minimum atomic E-state index is -0.00121. The Morgan fingerprint density at radius 1 is 1.12 bits per heavy atom. The van der Waals surface area contributed by atoms with Crippen LogP contribution in [0, 0.1) is 5.92 Å². The summed E-state index contributed by atoms with van der Waals surface area (Å²) in [6.45, 7) is 1.70. The van der Waals surface area contributed by atoms with Crippen LogP contribution in [0.15, 0.2) is 60.9 Å². The van der Waals surface area contributed by atoms with Crippen LogP contribution in [-0.4, -0.2) is 33.9 Å². The third-order valence-electron chi connectivity index (χ3n) is 5.64. The zero-order valence-corrected chi connectivity index (χ0v) is 18.1. The lowest BCUT2D eigenvalue weighted by Crippen LogP contribution is -2.37. The van der Waals surface area contributed by atoms with Crippen LogP contribution in [0.25, 0.3) is 22.2 Å². The zero-order chi connectivity index (χ0) is 21.9. The molecule has 1 aliphatic rings. The van der Waals surface area contributed by atoms with Gasteiger partial charge in [-0.2, -0.15) is 0 Å². The molecule has 0 unspecified atom stereocenters. The number of H-pyrrole nitrogens is 1. The summed E-state index contributed by atoms with van der Waals surface area (Å²) in [5, 5.41) is 11.0. The van der Waals surface area contributed by atoms with Gasteiger partial charge in [0.2, 0.25) is 11.9 Å². The van der Waals surface area contributed by atoms with Crippen molar-refractivity contribution in [3.63, 3.8) is 0 Å². The Kier molecular flexibility index (Phi) is 5.75. The molecule has 4 N–H and O–H groups in total. The molecule has 1 fully saturated rings. The van der Waals surface area contributed by atoms with Gasteiger partial charge in [0, 0.05) is 40.6 Å². The molecule has 5 rings (SSSR count). The fourth-order valence-electron chi connectivity index (χ4n) is 4.01. The Bertz CT molecular complexity index is 1260. The monoisotopic (exact) mass is 446 g/mol. The van der Waals surface area contributed by atoms with Gasteiger partial charge in [-0.3, -0.25) is 4.79 Å². The van der Waals surface area contributed by atoms with Crippen molar-refractivity contribution in [2.45, 2.75) is 12.8 Å². The van der Waals surface area contributed by atoms with Crippen molar-refractivity contribution >= 4 is 45.7 Å². The fourth-order valence-corrected chi connectivity index (χ4v) is 4.20. The number of fused-ring (bicyclic) bond motifs is 1. The molecule has 0 saturated carbocycles. The van der Waals surface area contributed by atoms with Gasteiger partial charge in [0.1, 0.15) is 0 Å². The van der Waals surface area contributed by atoms with Gasteiger partial charge in [-0.25, -0.2) is 9.97 Å². The molecule has 3 heterocycles. The lowest BCUT2D eigenvalue weighted by molar-refractivity contribution is -0.120. The number of anilines is 3. The Balaban J connectivity index is 1.36. The number of aromatic amines is 1. The van der Waals surface area contributed by atoms with Gasteiger partial charge in [0.05, 0.1) is 22.8 Å². The number of hydrogen-bond donors (Lipinski definition) is 4. The highest BCUT2D eigenvalue weighted by Gasteiger charge is 2.21. The molecule has 8 heteroatoms. The third-order valence-corrected chi connectivity index (χ3v) is 5.92. The third kappa shape index (κ3) is 4.30. The molecule has 0 spiro atoms. The number of carbonyl (C=O) groups excluding carboxylic acids is 1. The van der Waals surface area contributed by atoms with Gasteiger partial charge >= 0.3 is 0 Å². The SMILES string of the molecule is O=C(Nc1cccc(Nc2ncc(Cl)c(-c3c[nH]c4ccccc34)n2)c1)[C@@H]1CCCNC1. The lowest BCUT2D eigenvalue weighted by Gasteiger charge is -2.22. The van der Waals surface area contributed by atoms with Gasteiger partial charge in [0.25, 0.3) is 0 Å². The number of nitrogens with one attached hydrogen (secondary N) is 4. The van der Waals surface area contributed by atoms with Crippen molar-refractivity contribution in [1.82, 2.24) is 20.3 Å². The van der Waals surface area contributed by atoms with Crippen LogP contribution in [-0.2, 0) is 4.79 Å². The van der Waals surface area contributed by atoms with E-state index in [1.807, 2.05) is 54.7 Å². The van der Waals surface area contributed by atoms with Gasteiger partial charge in [-0.05, 0) is 43.7 Å². The Morgan fingerprint density at radius 3 is 2.88 bits per heavy atom. The van der Waals surface area contributed by atoms with Crippen LogP contribution in [0.5, 0.6) is 0 Å². The van der Waals surface area contributed by atoms with Gasteiger partial charge < -0.3 is 20.9 Å². The first-order valence-electron chi connectivity index (χ1n) is 10.6. The van der Waals surface area contributed by atoms with E-state index in [-0.39, 0.29) is 11.8 Å². The van der Waals surface area contributed by atoms with Crippen LogP contribution in [0.3, 0.4) is 0 Å². The van der Waals surface area contributed by atoms with Crippen LogP contribution < -0.4 is 16.0 Å². The first-order chi connectivity index (χ1) is 15.7. The molecule has 2 aromatic carbocycles. The summed E-state index contributed by atoms with van der Waals surface area (Å²) in [6, 6.07) is 15.5. The first kappa shape index (κ1) is 20.5. The maximum atomic E-state index is 12.5. The van der Waals surface area contributed by atoms with E-state index in [1.54, 1.807) is 6.20 Å². The van der Waals surface area contributed by atoms with Crippen LogP contribution >= 0.6 is 11.6 Å². The fraction of sp³-hybridized carbons (Fsp3) is 0.208. The molecule has 1 atom stereocenters. The highest BCUT2D eigenvalue weighted by atomic mass is 35.5. The summed E-state index contributed by atoms with van der Waals surface area (Å²) in [5.74, 6) is 0.465. The zero-order valence-electron chi connectivity index (χ0n) is 17.4. The van der Waals surface area contributed by atoms with E-state index in [0.717, 1.165) is 53.8 Å². The molecule has 1 saturated heterocycles. The van der Waals surface area contributed by atoms with E-state index < -0.39 is 0 Å². The topological polar surface area (TPSA) is 94.7 Å². The van der Waals surface area contributed by atoms with Crippen LogP contribution in [0.2, 0.25) is 5.02 Å². The Hall–Kier alpha value is -3.42. The van der Waals surface area contributed by atoms with Crippen molar-refractivity contribution in [2.75, 3.05) is 23.7 Å². The standard InChI is InChI=1S/C24H23ClN6O/c25-20-14-28-24(31-22(20)19-13-27-21-9-2-1-8-18(19)21)30-17-7-3-6-16(11-17)29-23(32)15-5-4-10-26-12-15/h1-3,6-9,11,13-15,26-27H,4-5,10,12H2,(H,29,32)(H,28,30,31)/t15-/m1/s1. The molecule has 1 aliphatic heterocycles. The highest BCUT2D eigenvalue weighted by Crippen LogP contribution is 2.32. The number of amides is 1. The number of piperidine rings is 1. The number of halogens is 1. The minimum Gasteiger partial charge on any atom is -0.360 e. The maximum Gasteiger partial charge on any atom is 0.228 e. The minimum absolute atomic E-state index is 0.00121. The Labute approximate surface area is 190 Å². The predicted molar refractivity (Wildman–Crippen MR) is 128 cm³/mol. The van der Waals surface area contributed by atoms with Crippen LogP contribution in [0.4, 0.5) is 17.3 Å². The summed E-state index contributed by atoms with van der Waals surface area (Å²) in [5.41, 5.74) is 4.09. The Morgan fingerprint density at radius 2 is 2.00 bits per heavy atom. The second kappa shape index (κ2) is 8.98. The summed E-state index contributed by atoms with van der Waals surface area (Å²) < 4.78 is 0. The van der Waals surface area contributed by atoms with Gasteiger partial charge in [-0.15, -0.1) is 0 Å². The van der Waals surface area contributed by atoms with E-state index >= 15 is 0 Å². The van der Waals surface area contributed by atoms with E-state index in [0.29, 0.717) is 16.7 Å². The summed E-state index contributed by atoms with van der Waals surface area (Å²) in [4.78, 5) is 24.8. The van der Waals surface area contributed by atoms with Crippen molar-refractivity contribution in [1.29, 1.82) is 0 Å². The van der Waals surface area contributed by atoms with Gasteiger partial charge in [0.15, 0.2) is 0 Å². The van der Waals surface area contributed by atoms with Crippen molar-refractivity contribution < 1.29 is 4.79 Å². The van der Waals surface area contributed by atoms with Crippen molar-refractivity contribution in [3.8, 4) is 11.3 Å². The number of rotatable bonds is 5. The number of nitrogens with zero attached hydrogens (tertiary/aromatic N) is 2. The van der Waals surface area contributed by atoms with E-state index in [2.05, 4.69) is 30.9 Å². The molecule has 7 nitrogen and oxygen atoms in total. The number of aromatic nitrogens is 3. The van der Waals surface area contributed by atoms with Crippen LogP contribution in [0.1, 0.15) is 12.8 Å². The number of carbonyl (C=O) groups is 1. The number of hydrogen-bond acceptors (Lipinski definition) is 5. The van der Waals surface area contributed by atoms with Crippen molar-refractivity contribution in [2.24, 2.45) is 5.92 Å². The normalized spacial score (nSPS) is 16.1. The summed E-state index contributed by atoms with van der Waals surface area (Å²) in [7, 11) is 0. The molecule has 162 valence electrons. The maximum absolute atomic E-state index is 12.5. The van der Waals surface area contributed by atoms with Crippen molar-refractivity contribution in [3.05, 3.63) is 65.9 Å². The molecule has 2 aromatic heterocycles. The number of para-hydroxylation sites is 1. The molecular formula is C24H23ClN6O. The molecule has 32 heavy (non-hydrogen) atoms.